The lowest BCUT2D eigenvalue weighted by atomic mass is 10.0. The quantitative estimate of drug-likeness (QED) is 0.818. The summed E-state index contributed by atoms with van der Waals surface area (Å²) in [6.45, 7) is 0. The van der Waals surface area contributed by atoms with Crippen molar-refractivity contribution in [3.8, 4) is 0 Å². The van der Waals surface area contributed by atoms with Crippen molar-refractivity contribution in [2.45, 2.75) is 12.8 Å². The molecule has 1 aliphatic heterocycles. The van der Waals surface area contributed by atoms with Gasteiger partial charge < -0.3 is 5.11 Å². The van der Waals surface area contributed by atoms with Gasteiger partial charge in [0, 0.05) is 6.42 Å². The van der Waals surface area contributed by atoms with E-state index in [1.807, 2.05) is 0 Å². The number of aliphatic carboxylic acids is 1. The third-order valence-corrected chi connectivity index (χ3v) is 2.75. The van der Waals surface area contributed by atoms with Gasteiger partial charge in [-0.1, -0.05) is 0 Å². The summed E-state index contributed by atoms with van der Waals surface area (Å²) in [4.78, 5) is 35.0. The van der Waals surface area contributed by atoms with Crippen molar-refractivity contribution in [2.24, 2.45) is 5.92 Å². The van der Waals surface area contributed by atoms with Crippen LogP contribution in [0.25, 0.3) is 0 Å². The van der Waals surface area contributed by atoms with E-state index in [2.05, 4.69) is 0 Å². The van der Waals surface area contributed by atoms with Crippen LogP contribution in [0.1, 0.15) is 12.8 Å². The van der Waals surface area contributed by atoms with E-state index in [-0.39, 0.29) is 18.5 Å². The minimum absolute atomic E-state index is 0.123. The molecule has 1 fully saturated rings. The van der Waals surface area contributed by atoms with E-state index in [1.54, 1.807) is 0 Å². The summed E-state index contributed by atoms with van der Waals surface area (Å²) >= 11 is 0. The average Bonchev–Trinajstić information content (AvgIpc) is 2.55. The molecule has 2 rings (SSSR count). The van der Waals surface area contributed by atoms with Crippen molar-refractivity contribution in [3.63, 3.8) is 0 Å². The van der Waals surface area contributed by atoms with E-state index in [4.69, 9.17) is 5.11 Å². The molecule has 0 saturated carbocycles. The number of imide groups is 1. The number of nitrogens with zero attached hydrogens (tertiary/aromatic N) is 1. The molecule has 6 heteroatoms. The smallest absolute Gasteiger partial charge is 0.304 e. The van der Waals surface area contributed by atoms with E-state index in [0.717, 1.165) is 17.0 Å². The summed E-state index contributed by atoms with van der Waals surface area (Å²) in [7, 11) is 0. The molecule has 0 spiro atoms. The zero-order chi connectivity index (χ0) is 13.3. The highest BCUT2D eigenvalue weighted by Crippen LogP contribution is 2.28. The fourth-order valence-corrected chi connectivity index (χ4v) is 1.93. The van der Waals surface area contributed by atoms with Gasteiger partial charge in [0.25, 0.3) is 0 Å². The molecule has 0 bridgehead atoms. The molecule has 1 N–H and O–H groups in total. The van der Waals surface area contributed by atoms with Gasteiger partial charge in [-0.3, -0.25) is 19.3 Å². The second-order valence-electron chi connectivity index (χ2n) is 4.04. The topological polar surface area (TPSA) is 74.7 Å². The van der Waals surface area contributed by atoms with Crippen molar-refractivity contribution in [3.05, 3.63) is 30.1 Å². The van der Waals surface area contributed by atoms with Crippen molar-refractivity contribution >= 4 is 23.5 Å². The van der Waals surface area contributed by atoms with Crippen LogP contribution in [0.4, 0.5) is 10.1 Å². The molecule has 0 aromatic heterocycles. The van der Waals surface area contributed by atoms with Gasteiger partial charge in [-0.2, -0.15) is 0 Å². The maximum Gasteiger partial charge on any atom is 0.304 e. The highest BCUT2D eigenvalue weighted by molar-refractivity contribution is 6.21. The number of hydrogen-bond acceptors (Lipinski definition) is 3. The van der Waals surface area contributed by atoms with Crippen LogP contribution in [-0.4, -0.2) is 22.9 Å². The largest absolute Gasteiger partial charge is 0.481 e. The van der Waals surface area contributed by atoms with Crippen LogP contribution in [0.15, 0.2) is 24.3 Å². The summed E-state index contributed by atoms with van der Waals surface area (Å²) in [6, 6.07) is 4.91. The first kappa shape index (κ1) is 12.2. The van der Waals surface area contributed by atoms with Gasteiger partial charge in [-0.05, 0) is 24.3 Å². The molecule has 1 atom stereocenters. The molecule has 0 radical (unpaired) electrons. The molecular formula is C12H10FNO4. The van der Waals surface area contributed by atoms with E-state index >= 15 is 0 Å². The first-order valence-corrected chi connectivity index (χ1v) is 5.33. The Morgan fingerprint density at radius 1 is 1.33 bits per heavy atom. The summed E-state index contributed by atoms with van der Waals surface area (Å²) in [5, 5.41) is 8.64. The average molecular weight is 251 g/mol. The van der Waals surface area contributed by atoms with Gasteiger partial charge in [0.2, 0.25) is 11.8 Å². The third-order valence-electron chi connectivity index (χ3n) is 2.75. The Morgan fingerprint density at radius 3 is 2.50 bits per heavy atom. The second kappa shape index (κ2) is 4.56. The Hall–Kier alpha value is -2.24. The minimum Gasteiger partial charge on any atom is -0.481 e. The van der Waals surface area contributed by atoms with Gasteiger partial charge in [0.1, 0.15) is 5.82 Å². The normalized spacial score (nSPS) is 19.4. The SMILES string of the molecule is O=C(O)C[C@@H]1CC(=O)N(c2ccc(F)cc2)C1=O. The van der Waals surface area contributed by atoms with Gasteiger partial charge in [-0.25, -0.2) is 4.39 Å². The van der Waals surface area contributed by atoms with Crippen LogP contribution in [0.5, 0.6) is 0 Å². The summed E-state index contributed by atoms with van der Waals surface area (Å²) < 4.78 is 12.8. The maximum absolute atomic E-state index is 12.8. The second-order valence-corrected chi connectivity index (χ2v) is 4.04. The molecule has 1 saturated heterocycles. The molecule has 0 aliphatic carbocycles. The zero-order valence-corrected chi connectivity index (χ0v) is 9.30. The van der Waals surface area contributed by atoms with Crippen molar-refractivity contribution in [2.75, 3.05) is 4.90 Å². The highest BCUT2D eigenvalue weighted by Gasteiger charge is 2.40. The molecule has 94 valence electrons. The van der Waals surface area contributed by atoms with Gasteiger partial charge >= 0.3 is 5.97 Å². The van der Waals surface area contributed by atoms with Crippen LogP contribution in [0, 0.1) is 11.7 Å². The number of rotatable bonds is 3. The first-order chi connectivity index (χ1) is 8.49. The van der Waals surface area contributed by atoms with Crippen LogP contribution >= 0.6 is 0 Å². The van der Waals surface area contributed by atoms with Crippen LogP contribution in [0.2, 0.25) is 0 Å². The van der Waals surface area contributed by atoms with Crippen LogP contribution in [-0.2, 0) is 14.4 Å². The zero-order valence-electron chi connectivity index (χ0n) is 9.30. The van der Waals surface area contributed by atoms with E-state index in [1.165, 1.54) is 12.1 Å². The number of amides is 2. The van der Waals surface area contributed by atoms with Gasteiger partial charge in [-0.15, -0.1) is 0 Å². The Kier molecular flexibility index (Phi) is 3.10. The van der Waals surface area contributed by atoms with E-state index < -0.39 is 29.5 Å². The Bertz CT molecular complexity index is 511. The molecular weight excluding hydrogens is 241 g/mol. The number of carboxylic acid groups (broad SMARTS) is 1. The van der Waals surface area contributed by atoms with Crippen molar-refractivity contribution in [1.82, 2.24) is 0 Å². The molecule has 1 heterocycles. The Labute approximate surface area is 102 Å². The number of hydrogen-bond donors (Lipinski definition) is 1. The number of benzene rings is 1. The molecule has 1 aromatic rings. The molecule has 2 amide bonds. The maximum atomic E-state index is 12.8. The predicted octanol–water partition coefficient (Wildman–Crippen LogP) is 1.18. The molecule has 5 nitrogen and oxygen atoms in total. The summed E-state index contributed by atoms with van der Waals surface area (Å²) in [5.74, 6) is -3.44. The Balaban J connectivity index is 2.24. The van der Waals surface area contributed by atoms with Gasteiger partial charge in [0.05, 0.1) is 18.0 Å². The Morgan fingerprint density at radius 2 is 1.94 bits per heavy atom. The lowest BCUT2D eigenvalue weighted by molar-refractivity contribution is -0.140. The van der Waals surface area contributed by atoms with Gasteiger partial charge in [0.15, 0.2) is 0 Å². The molecule has 1 aromatic carbocycles. The van der Waals surface area contributed by atoms with Crippen LogP contribution < -0.4 is 4.90 Å². The number of carbonyl (C=O) groups is 3. The lowest BCUT2D eigenvalue weighted by Crippen LogP contribution is -2.30. The number of carbonyl (C=O) groups excluding carboxylic acids is 2. The minimum atomic E-state index is -1.12. The molecule has 0 unspecified atom stereocenters. The third kappa shape index (κ3) is 2.22. The van der Waals surface area contributed by atoms with E-state index in [9.17, 15) is 18.8 Å². The van der Waals surface area contributed by atoms with Crippen LogP contribution in [0.3, 0.4) is 0 Å². The highest BCUT2D eigenvalue weighted by atomic mass is 19.1. The summed E-state index contributed by atoms with van der Waals surface area (Å²) in [6.07, 6.45) is -0.495. The lowest BCUT2D eigenvalue weighted by Gasteiger charge is -2.14. The number of anilines is 1. The van der Waals surface area contributed by atoms with Crippen molar-refractivity contribution < 1.29 is 23.9 Å². The van der Waals surface area contributed by atoms with Crippen molar-refractivity contribution in [1.29, 1.82) is 0 Å². The number of carboxylic acids is 1. The fourth-order valence-electron chi connectivity index (χ4n) is 1.93. The first-order valence-electron chi connectivity index (χ1n) is 5.33. The monoisotopic (exact) mass is 251 g/mol. The summed E-state index contributed by atoms with van der Waals surface area (Å²) in [5.41, 5.74) is 0.263. The molecule has 1 aliphatic rings. The standard InChI is InChI=1S/C12H10FNO4/c13-8-1-3-9(4-2-8)14-10(15)5-7(12(14)18)6-11(16)17/h1-4,7H,5-6H2,(H,16,17)/t7-/m0/s1. The fraction of sp³-hybridized carbons (Fsp3) is 0.250. The number of halogens is 1. The van der Waals surface area contributed by atoms with E-state index in [0.29, 0.717) is 0 Å². The predicted molar refractivity (Wildman–Crippen MR) is 59.3 cm³/mol. The molecule has 18 heavy (non-hydrogen) atoms.